The van der Waals surface area contributed by atoms with Crippen molar-refractivity contribution in [1.29, 1.82) is 0 Å². The average Bonchev–Trinajstić information content (AvgIpc) is 3.12. The van der Waals surface area contributed by atoms with Crippen LogP contribution >= 0.6 is 23.4 Å². The first kappa shape index (κ1) is 18.5. The van der Waals surface area contributed by atoms with Crippen molar-refractivity contribution >= 4 is 29.3 Å². The summed E-state index contributed by atoms with van der Waals surface area (Å²) in [4.78, 5) is 45.8. The van der Waals surface area contributed by atoms with Gasteiger partial charge in [-0.2, -0.15) is 0 Å². The van der Waals surface area contributed by atoms with Crippen LogP contribution in [-0.4, -0.2) is 40.6 Å². The molecule has 0 fully saturated rings. The molecule has 0 unspecified atom stereocenters. The zero-order valence-corrected chi connectivity index (χ0v) is 16.0. The second kappa shape index (κ2) is 8.03. The first-order chi connectivity index (χ1) is 13.7. The van der Waals surface area contributed by atoms with Crippen molar-refractivity contribution in [2.45, 2.75) is 24.0 Å². The van der Waals surface area contributed by atoms with Gasteiger partial charge in [0.1, 0.15) is 17.2 Å². The predicted molar refractivity (Wildman–Crippen MR) is 103 cm³/mol. The van der Waals surface area contributed by atoms with Crippen molar-refractivity contribution in [3.8, 4) is 11.4 Å². The summed E-state index contributed by atoms with van der Waals surface area (Å²) >= 11 is 7.00. The van der Waals surface area contributed by atoms with Crippen molar-refractivity contribution in [2.24, 2.45) is 0 Å². The van der Waals surface area contributed by atoms with E-state index in [1.807, 2.05) is 0 Å². The highest BCUT2D eigenvalue weighted by molar-refractivity contribution is 8.00. The Morgan fingerprint density at radius 1 is 1.25 bits per heavy atom. The molecule has 3 aromatic rings. The number of nitrogens with one attached hydrogen (secondary N) is 1. The number of amides is 1. The summed E-state index contributed by atoms with van der Waals surface area (Å²) in [6, 6.07) is 4.38. The number of hydrogen-bond donors (Lipinski definition) is 1. The Morgan fingerprint density at radius 2 is 2.14 bits per heavy atom. The van der Waals surface area contributed by atoms with Crippen LogP contribution < -0.4 is 10.9 Å². The molecule has 0 saturated carbocycles. The lowest BCUT2D eigenvalue weighted by Gasteiger charge is -2.13. The number of fused-ring (bicyclic) bond motifs is 1. The van der Waals surface area contributed by atoms with Gasteiger partial charge in [-0.15, -0.1) is 11.6 Å². The van der Waals surface area contributed by atoms with Gasteiger partial charge >= 0.3 is 0 Å². The fourth-order valence-corrected chi connectivity index (χ4v) is 3.68. The topological polar surface area (TPSA) is 116 Å². The highest BCUT2D eigenvalue weighted by Crippen LogP contribution is 2.24. The number of carbonyl (C=O) groups is 1. The molecule has 0 saturated heterocycles. The number of aromatic nitrogens is 6. The van der Waals surface area contributed by atoms with Crippen LogP contribution in [0.15, 0.2) is 46.7 Å². The van der Waals surface area contributed by atoms with Crippen LogP contribution in [0.1, 0.15) is 28.9 Å². The molecule has 0 aromatic carbocycles. The molecule has 0 aliphatic carbocycles. The van der Waals surface area contributed by atoms with Crippen LogP contribution in [0.2, 0.25) is 0 Å². The summed E-state index contributed by atoms with van der Waals surface area (Å²) in [5, 5.41) is 3.80. The largest absolute Gasteiger partial charge is 0.339 e. The summed E-state index contributed by atoms with van der Waals surface area (Å²) in [5.41, 5.74) is 0.797. The Kier molecular flexibility index (Phi) is 5.31. The lowest BCUT2D eigenvalue weighted by Crippen LogP contribution is -2.30. The Bertz CT molecular complexity index is 1080. The summed E-state index contributed by atoms with van der Waals surface area (Å²) in [6.07, 6.45) is 5.04. The van der Waals surface area contributed by atoms with E-state index in [1.54, 1.807) is 22.9 Å². The molecule has 9 nitrogen and oxygen atoms in total. The molecule has 142 valence electrons. The smallest absolute Gasteiger partial charge is 0.289 e. The van der Waals surface area contributed by atoms with Gasteiger partial charge in [-0.05, 0) is 18.6 Å². The molecule has 0 spiro atoms. The van der Waals surface area contributed by atoms with Gasteiger partial charge < -0.3 is 5.32 Å². The standard InChI is InChI=1S/C17H14ClN7O2S/c18-8-28-13-2-5-20-15(24-13)17(27)23-11-3-6-25-14(26)7-12(22-16(11)25)10-1-4-19-9-21-10/h1-2,4-5,7,9,11H,3,6,8H2,(H,23,27)/t11-/m0/s1. The van der Waals surface area contributed by atoms with Crippen LogP contribution in [-0.2, 0) is 6.54 Å². The van der Waals surface area contributed by atoms with Gasteiger partial charge in [0.2, 0.25) is 5.82 Å². The van der Waals surface area contributed by atoms with Gasteiger partial charge in [0.25, 0.3) is 11.5 Å². The Morgan fingerprint density at radius 3 is 2.93 bits per heavy atom. The van der Waals surface area contributed by atoms with Crippen LogP contribution in [0.5, 0.6) is 0 Å². The summed E-state index contributed by atoms with van der Waals surface area (Å²) in [5.74, 6) is 0.0979. The maximum absolute atomic E-state index is 12.6. The zero-order chi connectivity index (χ0) is 19.5. The molecule has 3 aromatic heterocycles. The second-order valence-corrected chi connectivity index (χ2v) is 7.45. The average molecular weight is 416 g/mol. The third kappa shape index (κ3) is 3.73. The zero-order valence-electron chi connectivity index (χ0n) is 14.4. The van der Waals surface area contributed by atoms with Crippen LogP contribution in [0.3, 0.4) is 0 Å². The summed E-state index contributed by atoms with van der Waals surface area (Å²) < 4.78 is 1.55. The molecule has 11 heteroatoms. The van der Waals surface area contributed by atoms with Gasteiger partial charge in [-0.3, -0.25) is 14.2 Å². The molecular formula is C17H14ClN7O2S. The lowest BCUT2D eigenvalue weighted by molar-refractivity contribution is 0.0924. The molecule has 1 amide bonds. The highest BCUT2D eigenvalue weighted by Gasteiger charge is 2.28. The first-order valence-corrected chi connectivity index (χ1v) is 9.88. The quantitative estimate of drug-likeness (QED) is 0.380. The van der Waals surface area contributed by atoms with Crippen LogP contribution in [0, 0.1) is 0 Å². The van der Waals surface area contributed by atoms with Crippen LogP contribution in [0.4, 0.5) is 0 Å². The first-order valence-electron chi connectivity index (χ1n) is 8.36. The van der Waals surface area contributed by atoms with Crippen molar-refractivity contribution in [1.82, 2.24) is 34.8 Å². The van der Waals surface area contributed by atoms with E-state index in [9.17, 15) is 9.59 Å². The third-order valence-corrected chi connectivity index (χ3v) is 5.14. The molecule has 4 rings (SSSR count). The van der Waals surface area contributed by atoms with Gasteiger partial charge in [-0.1, -0.05) is 11.8 Å². The van der Waals surface area contributed by atoms with Gasteiger partial charge in [0.15, 0.2) is 0 Å². The van der Waals surface area contributed by atoms with E-state index in [-0.39, 0.29) is 11.4 Å². The maximum Gasteiger partial charge on any atom is 0.289 e. The molecular weight excluding hydrogens is 402 g/mol. The van der Waals surface area contributed by atoms with E-state index in [0.29, 0.717) is 40.4 Å². The second-order valence-electron chi connectivity index (χ2n) is 5.87. The molecule has 1 aliphatic rings. The molecule has 0 bridgehead atoms. The summed E-state index contributed by atoms with van der Waals surface area (Å²) in [6.45, 7) is 0.471. The maximum atomic E-state index is 12.6. The molecule has 1 atom stereocenters. The Labute approximate surface area is 168 Å². The number of carbonyl (C=O) groups excluding carboxylic acids is 1. The normalized spacial score (nSPS) is 15.2. The lowest BCUT2D eigenvalue weighted by atomic mass is 10.2. The summed E-state index contributed by atoms with van der Waals surface area (Å²) in [7, 11) is 0. The number of halogens is 1. The van der Waals surface area contributed by atoms with E-state index >= 15 is 0 Å². The molecule has 28 heavy (non-hydrogen) atoms. The minimum Gasteiger partial charge on any atom is -0.339 e. The van der Waals surface area contributed by atoms with E-state index in [2.05, 4.69) is 30.2 Å². The molecule has 1 aliphatic heterocycles. The molecule has 4 heterocycles. The van der Waals surface area contributed by atoms with Crippen LogP contribution in [0.25, 0.3) is 11.4 Å². The fourth-order valence-electron chi connectivity index (χ4n) is 2.92. The molecule has 1 N–H and O–H groups in total. The number of hydrogen-bond acceptors (Lipinski definition) is 8. The van der Waals surface area contributed by atoms with Gasteiger partial charge in [-0.25, -0.2) is 24.9 Å². The van der Waals surface area contributed by atoms with E-state index in [4.69, 9.17) is 11.6 Å². The van der Waals surface area contributed by atoms with Crippen molar-refractivity contribution in [3.63, 3.8) is 0 Å². The van der Waals surface area contributed by atoms with Gasteiger partial charge in [0, 0.05) is 25.0 Å². The minimum absolute atomic E-state index is 0.0443. The SMILES string of the molecule is O=C(N[C@H]1CCn2c1nc(-c1ccncn1)cc2=O)c1nccc(SCCl)n1. The van der Waals surface area contributed by atoms with Crippen molar-refractivity contribution < 1.29 is 4.79 Å². The van der Waals surface area contributed by atoms with Crippen molar-refractivity contribution in [2.75, 3.05) is 5.21 Å². The Hall–Kier alpha value is -2.85. The van der Waals surface area contributed by atoms with Crippen molar-refractivity contribution in [3.05, 3.63) is 58.9 Å². The number of rotatable bonds is 5. The predicted octanol–water partition coefficient (Wildman–Crippen LogP) is 1.65. The van der Waals surface area contributed by atoms with E-state index in [1.165, 1.54) is 30.4 Å². The van der Waals surface area contributed by atoms with E-state index < -0.39 is 11.9 Å². The van der Waals surface area contributed by atoms with E-state index in [0.717, 1.165) is 0 Å². The fraction of sp³-hybridized carbons (Fsp3) is 0.235. The van der Waals surface area contributed by atoms with Gasteiger partial charge in [0.05, 0.1) is 22.6 Å². The third-order valence-electron chi connectivity index (χ3n) is 4.18. The number of nitrogens with zero attached hydrogens (tertiary/aromatic N) is 6. The number of alkyl halides is 1. The Balaban J connectivity index is 1.61. The monoisotopic (exact) mass is 415 g/mol. The highest BCUT2D eigenvalue weighted by atomic mass is 35.5. The number of thioether (sulfide) groups is 1. The minimum atomic E-state index is -0.433. The molecule has 0 radical (unpaired) electrons.